The number of carbonyl (C=O) groups is 1. The smallest absolute Gasteiger partial charge is 0.254 e. The largest absolute Gasteiger partial charge is 0.350 e. The summed E-state index contributed by atoms with van der Waals surface area (Å²) in [6.07, 6.45) is 2.71. The first kappa shape index (κ1) is 17.5. The Bertz CT molecular complexity index is 900. The van der Waals surface area contributed by atoms with Crippen LogP contribution < -0.4 is 10.6 Å². The van der Waals surface area contributed by atoms with Gasteiger partial charge in [0.1, 0.15) is 11.6 Å². The molecule has 7 heteroatoms. The maximum Gasteiger partial charge on any atom is 0.254 e. The molecule has 1 heterocycles. The van der Waals surface area contributed by atoms with E-state index in [9.17, 15) is 13.6 Å². The first-order valence-corrected chi connectivity index (χ1v) is 7.94. The Morgan fingerprint density at radius 2 is 1.38 bits per heavy atom. The summed E-state index contributed by atoms with van der Waals surface area (Å²) in [4.78, 5) is 20.2. The first-order chi connectivity index (χ1) is 12.6. The molecule has 0 aliphatic heterocycles. The average molecular weight is 354 g/mol. The number of carbonyl (C=O) groups excluding carboxylic acids is 1. The fourth-order valence-electron chi connectivity index (χ4n) is 2.27. The zero-order valence-corrected chi connectivity index (χ0v) is 13.7. The molecule has 1 aromatic heterocycles. The van der Waals surface area contributed by atoms with E-state index in [-0.39, 0.29) is 36.2 Å². The van der Waals surface area contributed by atoms with E-state index in [4.69, 9.17) is 0 Å². The molecule has 2 aromatic carbocycles. The highest BCUT2D eigenvalue weighted by molar-refractivity contribution is 5.93. The lowest BCUT2D eigenvalue weighted by molar-refractivity contribution is 0.0950. The van der Waals surface area contributed by atoms with E-state index in [1.165, 1.54) is 24.5 Å². The number of nitrogens with one attached hydrogen (secondary N) is 2. The normalized spacial score (nSPS) is 10.4. The second kappa shape index (κ2) is 8.15. The Morgan fingerprint density at radius 3 is 1.96 bits per heavy atom. The number of rotatable bonds is 6. The SMILES string of the molecule is O=C(NCc1ccccc1F)c1cnc(NCc2ccccc2F)nc1. The van der Waals surface area contributed by atoms with E-state index in [2.05, 4.69) is 20.6 Å². The summed E-state index contributed by atoms with van der Waals surface area (Å²) in [6.45, 7) is 0.296. The van der Waals surface area contributed by atoms with Crippen molar-refractivity contribution in [3.05, 3.63) is 89.2 Å². The Labute approximate surface area is 149 Å². The molecule has 0 unspecified atom stereocenters. The predicted octanol–water partition coefficient (Wildman–Crippen LogP) is 3.30. The van der Waals surface area contributed by atoms with Gasteiger partial charge in [-0.25, -0.2) is 18.7 Å². The minimum atomic E-state index is -0.408. The molecule has 0 atom stereocenters. The van der Waals surface area contributed by atoms with Crippen molar-refractivity contribution in [1.29, 1.82) is 0 Å². The maximum absolute atomic E-state index is 13.6. The number of halogens is 2. The van der Waals surface area contributed by atoms with Gasteiger partial charge in [-0.2, -0.15) is 0 Å². The molecule has 2 N–H and O–H groups in total. The van der Waals surface area contributed by atoms with Gasteiger partial charge in [-0.3, -0.25) is 4.79 Å². The van der Waals surface area contributed by atoms with Crippen LogP contribution in [0.3, 0.4) is 0 Å². The van der Waals surface area contributed by atoms with Crippen LogP contribution >= 0.6 is 0 Å². The second-order valence-electron chi connectivity index (χ2n) is 5.51. The average Bonchev–Trinajstić information content (AvgIpc) is 2.67. The Morgan fingerprint density at radius 1 is 0.846 bits per heavy atom. The van der Waals surface area contributed by atoms with Crippen molar-refractivity contribution in [3.8, 4) is 0 Å². The van der Waals surface area contributed by atoms with Crippen molar-refractivity contribution in [3.63, 3.8) is 0 Å². The van der Waals surface area contributed by atoms with Crippen LogP contribution in [0.1, 0.15) is 21.5 Å². The molecule has 0 saturated heterocycles. The lowest BCUT2D eigenvalue weighted by Crippen LogP contribution is -2.23. The molecule has 0 radical (unpaired) electrons. The minimum Gasteiger partial charge on any atom is -0.350 e. The molecule has 3 rings (SSSR count). The lowest BCUT2D eigenvalue weighted by Gasteiger charge is -2.08. The zero-order chi connectivity index (χ0) is 18.4. The van der Waals surface area contributed by atoms with Crippen LogP contribution in [0.5, 0.6) is 0 Å². The molecule has 5 nitrogen and oxygen atoms in total. The molecule has 132 valence electrons. The van der Waals surface area contributed by atoms with Crippen molar-refractivity contribution in [2.75, 3.05) is 5.32 Å². The number of anilines is 1. The molecule has 3 aromatic rings. The summed E-state index contributed by atoms with van der Waals surface area (Å²) in [7, 11) is 0. The topological polar surface area (TPSA) is 66.9 Å². The van der Waals surface area contributed by atoms with Crippen LogP contribution in [-0.2, 0) is 13.1 Å². The van der Waals surface area contributed by atoms with E-state index in [1.807, 2.05) is 0 Å². The van der Waals surface area contributed by atoms with E-state index in [1.54, 1.807) is 36.4 Å². The standard InChI is InChI=1S/C19H16F2N4O/c20-16-7-3-1-5-13(16)9-22-18(26)15-11-24-19(25-12-15)23-10-14-6-2-4-8-17(14)21/h1-8,11-12H,9-10H2,(H,22,26)(H,23,24,25). The van der Waals surface area contributed by atoms with Gasteiger partial charge in [-0.05, 0) is 12.1 Å². The second-order valence-corrected chi connectivity index (χ2v) is 5.51. The Balaban J connectivity index is 1.56. The van der Waals surface area contributed by atoms with Crippen LogP contribution in [-0.4, -0.2) is 15.9 Å². The van der Waals surface area contributed by atoms with Crippen LogP contribution in [0.25, 0.3) is 0 Å². The summed E-state index contributed by atoms with van der Waals surface area (Å²) in [5.74, 6) is -0.825. The van der Waals surface area contributed by atoms with Gasteiger partial charge in [0.15, 0.2) is 0 Å². The van der Waals surface area contributed by atoms with Crippen molar-refractivity contribution < 1.29 is 13.6 Å². The lowest BCUT2D eigenvalue weighted by atomic mass is 10.2. The summed E-state index contributed by atoms with van der Waals surface area (Å²) in [5.41, 5.74) is 1.13. The number of aromatic nitrogens is 2. The molecular formula is C19H16F2N4O. The molecule has 0 aliphatic rings. The van der Waals surface area contributed by atoms with E-state index in [0.29, 0.717) is 11.1 Å². The van der Waals surface area contributed by atoms with Gasteiger partial charge < -0.3 is 10.6 Å². The molecule has 26 heavy (non-hydrogen) atoms. The van der Waals surface area contributed by atoms with Gasteiger partial charge in [0, 0.05) is 36.6 Å². The Hall–Kier alpha value is -3.35. The maximum atomic E-state index is 13.6. The number of amides is 1. The summed E-state index contributed by atoms with van der Waals surface area (Å²) in [5, 5.41) is 5.50. The van der Waals surface area contributed by atoms with E-state index < -0.39 is 5.91 Å². The molecule has 0 saturated carbocycles. The van der Waals surface area contributed by atoms with Crippen LogP contribution in [0, 0.1) is 11.6 Å². The molecule has 0 fully saturated rings. The Kier molecular flexibility index (Phi) is 5.48. The van der Waals surface area contributed by atoms with Crippen molar-refractivity contribution in [2.24, 2.45) is 0 Å². The minimum absolute atomic E-state index is 0.0682. The van der Waals surface area contributed by atoms with Gasteiger partial charge in [-0.15, -0.1) is 0 Å². The molecule has 1 amide bonds. The summed E-state index contributed by atoms with van der Waals surface area (Å²) in [6, 6.07) is 12.6. The monoisotopic (exact) mass is 354 g/mol. The fraction of sp³-hybridized carbons (Fsp3) is 0.105. The third kappa shape index (κ3) is 4.38. The number of hydrogen-bond donors (Lipinski definition) is 2. The van der Waals surface area contributed by atoms with Crippen molar-refractivity contribution in [2.45, 2.75) is 13.1 Å². The third-order valence-corrected chi connectivity index (χ3v) is 3.71. The van der Waals surface area contributed by atoms with Gasteiger partial charge in [0.2, 0.25) is 5.95 Å². The first-order valence-electron chi connectivity index (χ1n) is 7.94. The van der Waals surface area contributed by atoms with Gasteiger partial charge >= 0.3 is 0 Å². The van der Waals surface area contributed by atoms with Gasteiger partial charge in [0.05, 0.1) is 5.56 Å². The third-order valence-electron chi connectivity index (χ3n) is 3.71. The molecular weight excluding hydrogens is 338 g/mol. The van der Waals surface area contributed by atoms with Crippen LogP contribution in [0.4, 0.5) is 14.7 Å². The highest BCUT2D eigenvalue weighted by Gasteiger charge is 2.09. The zero-order valence-electron chi connectivity index (χ0n) is 13.7. The van der Waals surface area contributed by atoms with Gasteiger partial charge in [0.25, 0.3) is 5.91 Å². The number of benzene rings is 2. The fourth-order valence-corrected chi connectivity index (χ4v) is 2.27. The number of nitrogens with zero attached hydrogens (tertiary/aromatic N) is 2. The quantitative estimate of drug-likeness (QED) is 0.713. The molecule has 0 aliphatic carbocycles. The highest BCUT2D eigenvalue weighted by Crippen LogP contribution is 2.09. The van der Waals surface area contributed by atoms with Crippen LogP contribution in [0.2, 0.25) is 0 Å². The number of hydrogen-bond acceptors (Lipinski definition) is 4. The summed E-state index contributed by atoms with van der Waals surface area (Å²) < 4.78 is 27.1. The van der Waals surface area contributed by atoms with Crippen LogP contribution in [0.15, 0.2) is 60.9 Å². The van der Waals surface area contributed by atoms with E-state index >= 15 is 0 Å². The molecule has 0 spiro atoms. The van der Waals surface area contributed by atoms with Crippen molar-refractivity contribution in [1.82, 2.24) is 15.3 Å². The van der Waals surface area contributed by atoms with Gasteiger partial charge in [-0.1, -0.05) is 36.4 Å². The molecule has 0 bridgehead atoms. The van der Waals surface area contributed by atoms with E-state index in [0.717, 1.165) is 0 Å². The summed E-state index contributed by atoms with van der Waals surface area (Å²) >= 11 is 0. The predicted molar refractivity (Wildman–Crippen MR) is 93.3 cm³/mol. The van der Waals surface area contributed by atoms with Crippen molar-refractivity contribution >= 4 is 11.9 Å². The highest BCUT2D eigenvalue weighted by atomic mass is 19.1.